The maximum absolute atomic E-state index is 11.1. The number of non-ortho nitro benzene ring substituents is 1. The maximum atomic E-state index is 11.1. The van der Waals surface area contributed by atoms with Crippen LogP contribution in [0.3, 0.4) is 0 Å². The number of hydrazone groups is 1. The topological polar surface area (TPSA) is 134 Å². The minimum atomic E-state index is -0.712. The van der Waals surface area contributed by atoms with Crippen LogP contribution in [0.1, 0.15) is 5.56 Å². The van der Waals surface area contributed by atoms with Gasteiger partial charge in [0.25, 0.3) is 5.69 Å². The third-order valence-corrected chi connectivity index (χ3v) is 3.56. The molecule has 0 bridgehead atoms. The number of aliphatic hydroxyl groups is 1. The van der Waals surface area contributed by atoms with Gasteiger partial charge in [-0.15, -0.1) is 0 Å². The van der Waals surface area contributed by atoms with Crippen LogP contribution in [-0.4, -0.2) is 41.4 Å². The molecule has 0 saturated carbocycles. The molecule has 0 radical (unpaired) electrons. The van der Waals surface area contributed by atoms with Crippen molar-refractivity contribution in [2.75, 3.05) is 30.5 Å². The Hall–Kier alpha value is -3.53. The third-order valence-electron chi connectivity index (χ3n) is 3.56. The molecule has 0 fully saturated rings. The molecular formula is C16H17N5O5. The molecule has 2 aromatic rings. The molecule has 0 aliphatic rings. The predicted octanol–water partition coefficient (Wildman–Crippen LogP) is 2.38. The van der Waals surface area contributed by atoms with E-state index in [1.165, 1.54) is 12.3 Å². The molecule has 136 valence electrons. The highest BCUT2D eigenvalue weighted by atomic mass is 16.6. The Balaban J connectivity index is 2.10. The summed E-state index contributed by atoms with van der Waals surface area (Å²) in [4.78, 5) is 22.2. The molecule has 0 aromatic heterocycles. The average Bonchev–Trinajstić information content (AvgIpc) is 2.62. The molecular weight excluding hydrogens is 342 g/mol. The van der Waals surface area contributed by atoms with Gasteiger partial charge in [0.2, 0.25) is 0 Å². The molecule has 0 aliphatic carbocycles. The van der Waals surface area contributed by atoms with E-state index in [9.17, 15) is 20.2 Å². The fraction of sp³-hybridized carbons (Fsp3) is 0.188. The predicted molar refractivity (Wildman–Crippen MR) is 97.8 cm³/mol. The molecule has 0 spiro atoms. The molecule has 2 aromatic carbocycles. The first-order valence-corrected chi connectivity index (χ1v) is 7.56. The number of nitrogens with zero attached hydrogens (tertiary/aromatic N) is 4. The summed E-state index contributed by atoms with van der Waals surface area (Å²) >= 11 is 0. The Morgan fingerprint density at radius 2 is 1.85 bits per heavy atom. The van der Waals surface area contributed by atoms with Crippen LogP contribution in [0.25, 0.3) is 0 Å². The standard InChI is InChI=1S/C16H17N5O5/c1-19(8-9-22)13-4-2-12(3-5-13)11-17-18-15-7-6-14(20(23)24)10-16(15)21(25)26/h2-7,10-11,18,22H,8-9H2,1H3/b17-11+. The lowest BCUT2D eigenvalue weighted by Gasteiger charge is -2.17. The minimum Gasteiger partial charge on any atom is -0.395 e. The smallest absolute Gasteiger partial charge is 0.301 e. The van der Waals surface area contributed by atoms with Gasteiger partial charge in [0.1, 0.15) is 5.69 Å². The van der Waals surface area contributed by atoms with Gasteiger partial charge in [0.15, 0.2) is 0 Å². The summed E-state index contributed by atoms with van der Waals surface area (Å²) in [5.74, 6) is 0. The van der Waals surface area contributed by atoms with E-state index in [1.54, 1.807) is 12.1 Å². The van der Waals surface area contributed by atoms with E-state index < -0.39 is 15.5 Å². The molecule has 26 heavy (non-hydrogen) atoms. The lowest BCUT2D eigenvalue weighted by molar-refractivity contribution is -0.393. The molecule has 0 amide bonds. The molecule has 10 heteroatoms. The summed E-state index contributed by atoms with van der Waals surface area (Å²) < 4.78 is 0. The van der Waals surface area contributed by atoms with Crippen molar-refractivity contribution in [3.8, 4) is 0 Å². The summed E-state index contributed by atoms with van der Waals surface area (Å²) in [6.45, 7) is 0.566. The van der Waals surface area contributed by atoms with Crippen molar-refractivity contribution in [3.63, 3.8) is 0 Å². The molecule has 2 rings (SSSR count). The Morgan fingerprint density at radius 1 is 1.15 bits per heavy atom. The summed E-state index contributed by atoms with van der Waals surface area (Å²) in [5, 5.41) is 34.6. The van der Waals surface area contributed by atoms with Crippen molar-refractivity contribution in [1.82, 2.24) is 0 Å². The van der Waals surface area contributed by atoms with Crippen LogP contribution in [0, 0.1) is 20.2 Å². The van der Waals surface area contributed by atoms with Crippen molar-refractivity contribution in [1.29, 1.82) is 0 Å². The first kappa shape index (κ1) is 18.8. The fourth-order valence-corrected chi connectivity index (χ4v) is 2.15. The van der Waals surface area contributed by atoms with E-state index in [1.807, 2.05) is 24.1 Å². The molecule has 0 heterocycles. The zero-order valence-electron chi connectivity index (χ0n) is 13.9. The largest absolute Gasteiger partial charge is 0.395 e. The highest BCUT2D eigenvalue weighted by Crippen LogP contribution is 2.28. The fourth-order valence-electron chi connectivity index (χ4n) is 2.15. The number of hydrogen-bond acceptors (Lipinski definition) is 8. The monoisotopic (exact) mass is 359 g/mol. The van der Waals surface area contributed by atoms with Gasteiger partial charge in [-0.05, 0) is 23.8 Å². The first-order valence-electron chi connectivity index (χ1n) is 7.56. The van der Waals surface area contributed by atoms with Crippen LogP contribution < -0.4 is 10.3 Å². The van der Waals surface area contributed by atoms with Crippen LogP contribution in [-0.2, 0) is 0 Å². The third kappa shape index (κ3) is 4.74. The highest BCUT2D eigenvalue weighted by molar-refractivity contribution is 5.81. The number of likely N-dealkylation sites (N-methyl/N-ethyl adjacent to an activating group) is 1. The van der Waals surface area contributed by atoms with Gasteiger partial charge < -0.3 is 10.0 Å². The maximum Gasteiger partial charge on any atom is 0.301 e. The number of nitro benzene ring substituents is 2. The van der Waals surface area contributed by atoms with Crippen molar-refractivity contribution < 1.29 is 15.0 Å². The average molecular weight is 359 g/mol. The number of anilines is 2. The van der Waals surface area contributed by atoms with E-state index in [2.05, 4.69) is 10.5 Å². The number of nitrogens with one attached hydrogen (secondary N) is 1. The van der Waals surface area contributed by atoms with Gasteiger partial charge in [-0.25, -0.2) is 0 Å². The van der Waals surface area contributed by atoms with Crippen LogP contribution in [0.15, 0.2) is 47.6 Å². The van der Waals surface area contributed by atoms with Gasteiger partial charge in [-0.3, -0.25) is 25.7 Å². The van der Waals surface area contributed by atoms with Crippen LogP contribution >= 0.6 is 0 Å². The van der Waals surface area contributed by atoms with E-state index in [0.717, 1.165) is 23.4 Å². The quantitative estimate of drug-likeness (QED) is 0.420. The Labute approximate surface area is 148 Å². The number of rotatable bonds is 8. The molecule has 0 aliphatic heterocycles. The summed E-state index contributed by atoms with van der Waals surface area (Å²) in [6.07, 6.45) is 1.47. The highest BCUT2D eigenvalue weighted by Gasteiger charge is 2.19. The molecule has 0 atom stereocenters. The number of aliphatic hydroxyl groups excluding tert-OH is 1. The normalized spacial score (nSPS) is 10.7. The lowest BCUT2D eigenvalue weighted by Crippen LogP contribution is -2.20. The zero-order valence-corrected chi connectivity index (χ0v) is 13.9. The summed E-state index contributed by atoms with van der Waals surface area (Å²) in [7, 11) is 1.86. The van der Waals surface area contributed by atoms with Gasteiger partial charge in [0, 0.05) is 25.3 Å². The minimum absolute atomic E-state index is 0.0520. The van der Waals surface area contributed by atoms with Crippen molar-refractivity contribution in [2.45, 2.75) is 0 Å². The van der Waals surface area contributed by atoms with Gasteiger partial charge in [-0.2, -0.15) is 5.10 Å². The Kier molecular flexibility index (Phi) is 6.17. The molecule has 10 nitrogen and oxygen atoms in total. The second kappa shape index (κ2) is 8.53. The summed E-state index contributed by atoms with van der Waals surface area (Å²) in [5.41, 5.74) is 3.46. The van der Waals surface area contributed by atoms with E-state index >= 15 is 0 Å². The van der Waals surface area contributed by atoms with Crippen molar-refractivity contribution >= 4 is 29.0 Å². The lowest BCUT2D eigenvalue weighted by atomic mass is 10.2. The zero-order chi connectivity index (χ0) is 19.1. The van der Waals surface area contributed by atoms with Crippen LogP contribution in [0.5, 0.6) is 0 Å². The number of nitro groups is 2. The van der Waals surface area contributed by atoms with Gasteiger partial charge >= 0.3 is 5.69 Å². The summed E-state index contributed by atoms with van der Waals surface area (Å²) in [6, 6.07) is 10.6. The Bertz CT molecular complexity index is 822. The van der Waals surface area contributed by atoms with Crippen LogP contribution in [0.4, 0.5) is 22.7 Å². The van der Waals surface area contributed by atoms with Gasteiger partial charge in [0.05, 0.1) is 28.7 Å². The Morgan fingerprint density at radius 3 is 2.42 bits per heavy atom. The van der Waals surface area contributed by atoms with Crippen molar-refractivity contribution in [2.24, 2.45) is 5.10 Å². The SMILES string of the molecule is CN(CCO)c1ccc(/C=N/Nc2ccc([N+](=O)[O-])cc2[N+](=O)[O-])cc1. The molecule has 2 N–H and O–H groups in total. The van der Waals surface area contributed by atoms with E-state index in [0.29, 0.717) is 6.54 Å². The van der Waals surface area contributed by atoms with Crippen LogP contribution in [0.2, 0.25) is 0 Å². The van der Waals surface area contributed by atoms with E-state index in [4.69, 9.17) is 5.11 Å². The number of hydrogen-bond donors (Lipinski definition) is 2. The van der Waals surface area contributed by atoms with E-state index in [-0.39, 0.29) is 18.0 Å². The molecule has 0 unspecified atom stereocenters. The molecule has 0 saturated heterocycles. The van der Waals surface area contributed by atoms with Gasteiger partial charge in [-0.1, -0.05) is 12.1 Å². The van der Waals surface area contributed by atoms with Crippen molar-refractivity contribution in [3.05, 3.63) is 68.3 Å². The second-order valence-electron chi connectivity index (χ2n) is 5.32. The first-order chi connectivity index (χ1) is 12.4. The second-order valence-corrected chi connectivity index (χ2v) is 5.32. The number of benzene rings is 2.